The SMILES string of the molecule is C[C@H]1CN(C(=O)c2csc(-c3cnccn3)n2)c2cccc(Cl)c2O1. The fraction of sp³-hybridized carbons (Fsp3) is 0.176. The number of nitrogens with zero attached hydrogens (tertiary/aromatic N) is 4. The van der Waals surface area contributed by atoms with Crippen LogP contribution in [0.2, 0.25) is 5.02 Å². The molecule has 0 bridgehead atoms. The molecule has 8 heteroatoms. The fourth-order valence-electron chi connectivity index (χ4n) is 2.65. The Labute approximate surface area is 153 Å². The Morgan fingerprint density at radius 2 is 2.28 bits per heavy atom. The zero-order chi connectivity index (χ0) is 17.4. The molecule has 0 aliphatic carbocycles. The number of hydrogen-bond donors (Lipinski definition) is 0. The van der Waals surface area contributed by atoms with Crippen LogP contribution in [-0.2, 0) is 0 Å². The van der Waals surface area contributed by atoms with Gasteiger partial charge in [0.05, 0.1) is 23.5 Å². The Kier molecular flexibility index (Phi) is 4.10. The average Bonchev–Trinajstić information content (AvgIpc) is 3.12. The van der Waals surface area contributed by atoms with Crippen LogP contribution in [0.5, 0.6) is 5.75 Å². The van der Waals surface area contributed by atoms with E-state index < -0.39 is 0 Å². The van der Waals surface area contributed by atoms with E-state index in [0.717, 1.165) is 0 Å². The zero-order valence-electron chi connectivity index (χ0n) is 13.2. The van der Waals surface area contributed by atoms with Crippen LogP contribution >= 0.6 is 22.9 Å². The topological polar surface area (TPSA) is 68.2 Å². The van der Waals surface area contributed by atoms with Crippen molar-refractivity contribution in [3.8, 4) is 16.5 Å². The van der Waals surface area contributed by atoms with Gasteiger partial charge < -0.3 is 4.74 Å². The third kappa shape index (κ3) is 2.96. The van der Waals surface area contributed by atoms with Gasteiger partial charge in [0.25, 0.3) is 5.91 Å². The minimum atomic E-state index is -0.190. The van der Waals surface area contributed by atoms with Crippen molar-refractivity contribution in [3.05, 3.63) is 52.9 Å². The van der Waals surface area contributed by atoms with Gasteiger partial charge in [-0.2, -0.15) is 0 Å². The van der Waals surface area contributed by atoms with Crippen molar-refractivity contribution in [1.29, 1.82) is 0 Å². The molecule has 0 fully saturated rings. The number of rotatable bonds is 2. The summed E-state index contributed by atoms with van der Waals surface area (Å²) in [6.07, 6.45) is 4.66. The molecule has 6 nitrogen and oxygen atoms in total. The van der Waals surface area contributed by atoms with Crippen molar-refractivity contribution >= 4 is 34.5 Å². The molecule has 126 valence electrons. The Balaban J connectivity index is 1.68. The highest BCUT2D eigenvalue weighted by atomic mass is 35.5. The van der Waals surface area contributed by atoms with Gasteiger partial charge in [0, 0.05) is 17.8 Å². The van der Waals surface area contributed by atoms with Crippen LogP contribution in [0.15, 0.2) is 42.2 Å². The van der Waals surface area contributed by atoms with Crippen molar-refractivity contribution in [1.82, 2.24) is 15.0 Å². The number of ether oxygens (including phenoxy) is 1. The van der Waals surface area contributed by atoms with Crippen LogP contribution < -0.4 is 9.64 Å². The van der Waals surface area contributed by atoms with Crippen molar-refractivity contribution in [3.63, 3.8) is 0 Å². The van der Waals surface area contributed by atoms with Gasteiger partial charge in [-0.3, -0.25) is 19.7 Å². The second-order valence-electron chi connectivity index (χ2n) is 5.56. The lowest BCUT2D eigenvalue weighted by molar-refractivity contribution is 0.0957. The first-order chi connectivity index (χ1) is 12.1. The number of carbonyl (C=O) groups excluding carboxylic acids is 1. The fourth-order valence-corrected chi connectivity index (χ4v) is 3.62. The average molecular weight is 373 g/mol. The highest BCUT2D eigenvalue weighted by Crippen LogP contribution is 2.40. The molecule has 1 amide bonds. The number of halogens is 1. The van der Waals surface area contributed by atoms with Crippen molar-refractivity contribution in [2.24, 2.45) is 0 Å². The van der Waals surface area contributed by atoms with Crippen molar-refractivity contribution < 1.29 is 9.53 Å². The number of amides is 1. The monoisotopic (exact) mass is 372 g/mol. The minimum Gasteiger partial charge on any atom is -0.485 e. The summed E-state index contributed by atoms with van der Waals surface area (Å²) in [5.41, 5.74) is 1.67. The normalized spacial score (nSPS) is 16.2. The molecular weight excluding hydrogens is 360 g/mol. The third-order valence-electron chi connectivity index (χ3n) is 3.75. The quantitative estimate of drug-likeness (QED) is 0.686. The smallest absolute Gasteiger partial charge is 0.278 e. The molecule has 1 aliphatic rings. The highest BCUT2D eigenvalue weighted by molar-refractivity contribution is 7.13. The summed E-state index contributed by atoms with van der Waals surface area (Å²) >= 11 is 7.58. The molecule has 2 aromatic heterocycles. The van der Waals surface area contributed by atoms with E-state index >= 15 is 0 Å². The van der Waals surface area contributed by atoms with Crippen LogP contribution in [0.25, 0.3) is 10.7 Å². The Bertz CT molecular complexity index is 931. The van der Waals surface area contributed by atoms with E-state index in [9.17, 15) is 4.79 Å². The molecule has 0 saturated heterocycles. The van der Waals surface area contributed by atoms with Crippen molar-refractivity contribution in [2.45, 2.75) is 13.0 Å². The maximum Gasteiger partial charge on any atom is 0.278 e. The van der Waals surface area contributed by atoms with E-state index in [1.54, 1.807) is 41.0 Å². The molecule has 0 saturated carbocycles. The van der Waals surface area contributed by atoms with Crippen molar-refractivity contribution in [2.75, 3.05) is 11.4 Å². The number of hydrogen-bond acceptors (Lipinski definition) is 6. The summed E-state index contributed by atoms with van der Waals surface area (Å²) in [4.78, 5) is 27.3. The van der Waals surface area contributed by atoms with Crippen LogP contribution in [0.4, 0.5) is 5.69 Å². The number of aromatic nitrogens is 3. The van der Waals surface area contributed by atoms with Crippen LogP contribution in [0.1, 0.15) is 17.4 Å². The third-order valence-corrected chi connectivity index (χ3v) is 4.91. The Morgan fingerprint density at radius 1 is 1.40 bits per heavy atom. The first kappa shape index (κ1) is 16.0. The standard InChI is InChI=1S/C17H13ClN4O2S/c1-10-8-22(14-4-2-3-11(18)15(14)24-10)17(23)13-9-25-16(21-13)12-7-19-5-6-20-12/h2-7,9-10H,8H2,1H3/t10-/m0/s1. The summed E-state index contributed by atoms with van der Waals surface area (Å²) < 4.78 is 5.79. The van der Waals surface area contributed by atoms with Gasteiger partial charge in [0.2, 0.25) is 0 Å². The number of fused-ring (bicyclic) bond motifs is 1. The van der Waals surface area contributed by atoms with Gasteiger partial charge in [-0.25, -0.2) is 4.98 Å². The largest absolute Gasteiger partial charge is 0.485 e. The van der Waals surface area contributed by atoms with E-state index in [0.29, 0.717) is 39.4 Å². The summed E-state index contributed by atoms with van der Waals surface area (Å²) in [5.74, 6) is 0.339. The lowest BCUT2D eigenvalue weighted by atomic mass is 10.2. The first-order valence-electron chi connectivity index (χ1n) is 7.62. The second-order valence-corrected chi connectivity index (χ2v) is 6.83. The van der Waals surface area contributed by atoms with E-state index in [-0.39, 0.29) is 12.0 Å². The maximum atomic E-state index is 13.0. The lowest BCUT2D eigenvalue weighted by Gasteiger charge is -2.33. The molecule has 0 unspecified atom stereocenters. The van der Waals surface area contributed by atoms with Gasteiger partial charge in [-0.05, 0) is 19.1 Å². The molecule has 4 rings (SSSR count). The predicted molar refractivity (Wildman–Crippen MR) is 96.4 cm³/mol. The highest BCUT2D eigenvalue weighted by Gasteiger charge is 2.31. The molecule has 0 spiro atoms. The molecule has 3 aromatic rings. The van der Waals surface area contributed by atoms with E-state index in [2.05, 4.69) is 15.0 Å². The van der Waals surface area contributed by atoms with Gasteiger partial charge in [0.15, 0.2) is 5.75 Å². The zero-order valence-corrected chi connectivity index (χ0v) is 14.8. The number of anilines is 1. The molecule has 1 aromatic carbocycles. The molecule has 25 heavy (non-hydrogen) atoms. The predicted octanol–water partition coefficient (Wildman–Crippen LogP) is 3.68. The van der Waals surface area contributed by atoms with E-state index in [1.165, 1.54) is 11.3 Å². The van der Waals surface area contributed by atoms with E-state index in [1.807, 2.05) is 13.0 Å². The number of para-hydroxylation sites is 1. The maximum absolute atomic E-state index is 13.0. The van der Waals surface area contributed by atoms with Crippen LogP contribution in [0, 0.1) is 0 Å². The molecular formula is C17H13ClN4O2S. The van der Waals surface area contributed by atoms with E-state index in [4.69, 9.17) is 16.3 Å². The molecule has 1 atom stereocenters. The lowest BCUT2D eigenvalue weighted by Crippen LogP contribution is -2.42. The Morgan fingerprint density at radius 3 is 3.08 bits per heavy atom. The minimum absolute atomic E-state index is 0.158. The van der Waals surface area contributed by atoms with Gasteiger partial charge in [-0.1, -0.05) is 17.7 Å². The van der Waals surface area contributed by atoms with Crippen LogP contribution in [0.3, 0.4) is 0 Å². The molecule has 0 N–H and O–H groups in total. The first-order valence-corrected chi connectivity index (χ1v) is 8.88. The molecule has 1 aliphatic heterocycles. The van der Waals surface area contributed by atoms with Gasteiger partial charge in [0.1, 0.15) is 22.5 Å². The molecule has 0 radical (unpaired) electrons. The number of benzene rings is 1. The summed E-state index contributed by atoms with van der Waals surface area (Å²) in [7, 11) is 0. The number of carbonyl (C=O) groups is 1. The van der Waals surface area contributed by atoms with Gasteiger partial charge >= 0.3 is 0 Å². The van der Waals surface area contributed by atoms with Gasteiger partial charge in [-0.15, -0.1) is 11.3 Å². The molecule has 3 heterocycles. The summed E-state index contributed by atoms with van der Waals surface area (Å²) in [5, 5.41) is 2.88. The number of thiazole rings is 1. The second kappa shape index (κ2) is 6.42. The summed E-state index contributed by atoms with van der Waals surface area (Å²) in [6, 6.07) is 5.36. The van der Waals surface area contributed by atoms with Crippen LogP contribution in [-0.4, -0.2) is 33.5 Å². The summed E-state index contributed by atoms with van der Waals surface area (Å²) in [6.45, 7) is 2.34. The Hall–Kier alpha value is -2.51.